The summed E-state index contributed by atoms with van der Waals surface area (Å²) in [6, 6.07) is 12.7. The van der Waals surface area contributed by atoms with Gasteiger partial charge in [-0.3, -0.25) is 4.90 Å². The van der Waals surface area contributed by atoms with Gasteiger partial charge in [0.15, 0.2) is 0 Å². The van der Waals surface area contributed by atoms with Crippen LogP contribution in [-0.2, 0) is 4.74 Å². The van der Waals surface area contributed by atoms with Crippen LogP contribution in [0.15, 0.2) is 36.4 Å². The van der Waals surface area contributed by atoms with E-state index in [1.54, 1.807) is 0 Å². The van der Waals surface area contributed by atoms with Gasteiger partial charge in [0.1, 0.15) is 12.4 Å². The molecule has 1 fully saturated rings. The van der Waals surface area contributed by atoms with Crippen LogP contribution in [0, 0.1) is 6.92 Å². The van der Waals surface area contributed by atoms with Gasteiger partial charge < -0.3 is 9.47 Å². The number of benzene rings is 2. The van der Waals surface area contributed by atoms with E-state index in [1.807, 2.05) is 0 Å². The van der Waals surface area contributed by atoms with Gasteiger partial charge in [0.25, 0.3) is 0 Å². The molecule has 1 saturated heterocycles. The Morgan fingerprint density at radius 2 is 2.00 bits per heavy atom. The summed E-state index contributed by atoms with van der Waals surface area (Å²) in [6.45, 7) is 7.51. The largest absolute Gasteiger partial charge is 0.492 e. The fraction of sp³-hybridized carbons (Fsp3) is 0.412. The lowest BCUT2D eigenvalue weighted by Gasteiger charge is -2.26. The van der Waals surface area contributed by atoms with Gasteiger partial charge in [0, 0.05) is 25.0 Å². The Morgan fingerprint density at radius 3 is 2.85 bits per heavy atom. The van der Waals surface area contributed by atoms with E-state index in [0.717, 1.165) is 45.2 Å². The fourth-order valence-electron chi connectivity index (χ4n) is 2.59. The van der Waals surface area contributed by atoms with Gasteiger partial charge in [-0.2, -0.15) is 0 Å². The first-order valence-electron chi connectivity index (χ1n) is 7.25. The number of hydrogen-bond donors (Lipinski definition) is 0. The van der Waals surface area contributed by atoms with Crippen LogP contribution < -0.4 is 4.74 Å². The topological polar surface area (TPSA) is 21.7 Å². The summed E-state index contributed by atoms with van der Waals surface area (Å²) in [6.07, 6.45) is 0. The first-order valence-corrected chi connectivity index (χ1v) is 7.25. The molecule has 0 spiro atoms. The highest BCUT2D eigenvalue weighted by Gasteiger charge is 2.10. The molecular weight excluding hydrogens is 250 g/mol. The second-order valence-corrected chi connectivity index (χ2v) is 5.28. The van der Waals surface area contributed by atoms with E-state index < -0.39 is 0 Å². The number of ether oxygens (including phenoxy) is 2. The molecule has 3 heteroatoms. The zero-order valence-electron chi connectivity index (χ0n) is 12.0. The van der Waals surface area contributed by atoms with Crippen LogP contribution in [0.1, 0.15) is 5.56 Å². The van der Waals surface area contributed by atoms with Crippen molar-refractivity contribution >= 4 is 10.8 Å². The molecule has 0 aliphatic carbocycles. The van der Waals surface area contributed by atoms with Crippen LogP contribution in [0.25, 0.3) is 10.8 Å². The van der Waals surface area contributed by atoms with Gasteiger partial charge >= 0.3 is 0 Å². The molecule has 0 amide bonds. The molecule has 0 aromatic heterocycles. The number of fused-ring (bicyclic) bond motifs is 1. The van der Waals surface area contributed by atoms with Gasteiger partial charge in [-0.25, -0.2) is 0 Å². The van der Waals surface area contributed by atoms with Crippen molar-refractivity contribution in [1.29, 1.82) is 0 Å². The average molecular weight is 271 g/mol. The minimum atomic E-state index is 0.729. The zero-order chi connectivity index (χ0) is 13.8. The van der Waals surface area contributed by atoms with Gasteiger partial charge in [-0.05, 0) is 24.4 Å². The van der Waals surface area contributed by atoms with Crippen molar-refractivity contribution in [3.63, 3.8) is 0 Å². The summed E-state index contributed by atoms with van der Waals surface area (Å²) < 4.78 is 11.3. The Bertz CT molecular complexity index is 576. The standard InChI is InChI=1S/C17H21NO2/c1-14-5-6-15-3-2-4-17(16(15)13-14)20-12-9-18-7-10-19-11-8-18/h2-6,13H,7-12H2,1H3. The molecule has 1 aliphatic heterocycles. The molecular formula is C17H21NO2. The molecule has 0 bridgehead atoms. The molecule has 3 nitrogen and oxygen atoms in total. The van der Waals surface area contributed by atoms with Crippen molar-refractivity contribution in [2.75, 3.05) is 39.5 Å². The number of morpholine rings is 1. The Balaban J connectivity index is 1.66. The van der Waals surface area contributed by atoms with Crippen LogP contribution >= 0.6 is 0 Å². The van der Waals surface area contributed by atoms with E-state index in [-0.39, 0.29) is 0 Å². The average Bonchev–Trinajstić information content (AvgIpc) is 2.49. The number of aryl methyl sites for hydroxylation is 1. The molecule has 0 N–H and O–H groups in total. The summed E-state index contributed by atoms with van der Waals surface area (Å²) in [5.41, 5.74) is 1.27. The molecule has 20 heavy (non-hydrogen) atoms. The third-order valence-corrected chi connectivity index (χ3v) is 3.77. The van der Waals surface area contributed by atoms with E-state index >= 15 is 0 Å². The third-order valence-electron chi connectivity index (χ3n) is 3.77. The van der Waals surface area contributed by atoms with Crippen LogP contribution in [-0.4, -0.2) is 44.4 Å². The van der Waals surface area contributed by atoms with Crippen molar-refractivity contribution in [3.05, 3.63) is 42.0 Å². The van der Waals surface area contributed by atoms with Crippen molar-refractivity contribution in [1.82, 2.24) is 4.90 Å². The summed E-state index contributed by atoms with van der Waals surface area (Å²) in [5, 5.41) is 2.44. The summed E-state index contributed by atoms with van der Waals surface area (Å²) in [7, 11) is 0. The highest BCUT2D eigenvalue weighted by Crippen LogP contribution is 2.26. The van der Waals surface area contributed by atoms with Gasteiger partial charge in [0.2, 0.25) is 0 Å². The quantitative estimate of drug-likeness (QED) is 0.853. The lowest BCUT2D eigenvalue weighted by molar-refractivity contribution is 0.0323. The maximum atomic E-state index is 5.99. The monoisotopic (exact) mass is 271 g/mol. The van der Waals surface area contributed by atoms with Crippen molar-refractivity contribution < 1.29 is 9.47 Å². The fourth-order valence-corrected chi connectivity index (χ4v) is 2.59. The Kier molecular flexibility index (Phi) is 4.19. The highest BCUT2D eigenvalue weighted by molar-refractivity contribution is 5.88. The highest BCUT2D eigenvalue weighted by atomic mass is 16.5. The number of nitrogens with zero attached hydrogens (tertiary/aromatic N) is 1. The maximum Gasteiger partial charge on any atom is 0.127 e. The Hall–Kier alpha value is -1.58. The van der Waals surface area contributed by atoms with Gasteiger partial charge in [-0.15, -0.1) is 0 Å². The molecule has 3 rings (SSSR count). The number of rotatable bonds is 4. The molecule has 1 heterocycles. The lowest BCUT2D eigenvalue weighted by atomic mass is 10.1. The zero-order valence-corrected chi connectivity index (χ0v) is 12.0. The SMILES string of the molecule is Cc1ccc2cccc(OCCN3CCOCC3)c2c1. The predicted octanol–water partition coefficient (Wildman–Crippen LogP) is 2.86. The normalized spacial score (nSPS) is 16.4. The minimum absolute atomic E-state index is 0.729. The van der Waals surface area contributed by atoms with E-state index in [2.05, 4.69) is 48.2 Å². The van der Waals surface area contributed by atoms with Crippen LogP contribution in [0.4, 0.5) is 0 Å². The predicted molar refractivity (Wildman–Crippen MR) is 81.4 cm³/mol. The molecule has 0 radical (unpaired) electrons. The second kappa shape index (κ2) is 6.25. The second-order valence-electron chi connectivity index (χ2n) is 5.28. The van der Waals surface area contributed by atoms with Gasteiger partial charge in [-0.1, -0.05) is 29.8 Å². The molecule has 2 aromatic carbocycles. The van der Waals surface area contributed by atoms with Crippen molar-refractivity contribution in [3.8, 4) is 5.75 Å². The Morgan fingerprint density at radius 1 is 1.15 bits per heavy atom. The Labute approximate surface area is 120 Å². The van der Waals surface area contributed by atoms with E-state index in [9.17, 15) is 0 Å². The van der Waals surface area contributed by atoms with Crippen LogP contribution in [0.2, 0.25) is 0 Å². The molecule has 0 atom stereocenters. The summed E-state index contributed by atoms with van der Waals surface area (Å²) in [5.74, 6) is 0.986. The van der Waals surface area contributed by atoms with E-state index in [1.165, 1.54) is 16.3 Å². The molecule has 1 aliphatic rings. The molecule has 0 unspecified atom stereocenters. The number of hydrogen-bond acceptors (Lipinski definition) is 3. The summed E-state index contributed by atoms with van der Waals surface area (Å²) >= 11 is 0. The third kappa shape index (κ3) is 3.11. The molecule has 0 saturated carbocycles. The molecule has 106 valence electrons. The summed E-state index contributed by atoms with van der Waals surface area (Å²) in [4.78, 5) is 2.39. The van der Waals surface area contributed by atoms with Gasteiger partial charge in [0.05, 0.1) is 13.2 Å². The van der Waals surface area contributed by atoms with E-state index in [0.29, 0.717) is 0 Å². The smallest absolute Gasteiger partial charge is 0.127 e. The van der Waals surface area contributed by atoms with Crippen molar-refractivity contribution in [2.45, 2.75) is 6.92 Å². The lowest BCUT2D eigenvalue weighted by Crippen LogP contribution is -2.38. The van der Waals surface area contributed by atoms with Crippen LogP contribution in [0.3, 0.4) is 0 Å². The maximum absolute atomic E-state index is 5.99. The first kappa shape index (κ1) is 13.4. The van der Waals surface area contributed by atoms with Crippen LogP contribution in [0.5, 0.6) is 5.75 Å². The van der Waals surface area contributed by atoms with Crippen molar-refractivity contribution in [2.24, 2.45) is 0 Å². The van der Waals surface area contributed by atoms with E-state index in [4.69, 9.17) is 9.47 Å². The molecule has 2 aromatic rings. The first-order chi connectivity index (χ1) is 9.83. The minimum Gasteiger partial charge on any atom is -0.492 e.